The lowest BCUT2D eigenvalue weighted by Gasteiger charge is -2.33. The van der Waals surface area contributed by atoms with Gasteiger partial charge in [0.1, 0.15) is 11.9 Å². The van der Waals surface area contributed by atoms with Crippen molar-refractivity contribution in [3.8, 4) is 0 Å². The number of benzene rings is 1. The highest BCUT2D eigenvalue weighted by molar-refractivity contribution is 6.02. The second-order valence-electron chi connectivity index (χ2n) is 5.27. The van der Waals surface area contributed by atoms with Gasteiger partial charge in [0.25, 0.3) is 5.91 Å². The first-order valence-electron chi connectivity index (χ1n) is 7.09. The fraction of sp³-hybridized carbons (Fsp3) is 0.286. The number of amides is 1. The largest absolute Gasteiger partial charge is 0.408 e. The molecule has 1 amide bonds. The first-order chi connectivity index (χ1) is 11.1. The van der Waals surface area contributed by atoms with Gasteiger partial charge in [0.15, 0.2) is 6.04 Å². The molecule has 2 aliphatic heterocycles. The molecule has 116 valence electrons. The Bertz CT molecular complexity index is 827. The lowest BCUT2D eigenvalue weighted by atomic mass is 9.97. The van der Waals surface area contributed by atoms with Crippen molar-refractivity contribution in [3.63, 3.8) is 0 Å². The van der Waals surface area contributed by atoms with Crippen molar-refractivity contribution in [1.29, 1.82) is 0 Å². The lowest BCUT2D eigenvalue weighted by molar-refractivity contribution is -0.124. The summed E-state index contributed by atoms with van der Waals surface area (Å²) >= 11 is 0. The van der Waals surface area contributed by atoms with Crippen LogP contribution in [0.25, 0.3) is 0 Å². The van der Waals surface area contributed by atoms with Gasteiger partial charge in [-0.1, -0.05) is 30.3 Å². The number of carbonyl (C=O) groups excluding carboxylic acids is 1. The number of ether oxygens (including phenoxy) is 1. The molecule has 0 fully saturated rings. The molecule has 9 heteroatoms. The zero-order valence-electron chi connectivity index (χ0n) is 12.5. The first-order valence-corrected chi connectivity index (χ1v) is 7.09. The Kier molecular flexibility index (Phi) is 2.93. The van der Waals surface area contributed by atoms with Crippen LogP contribution < -0.4 is 0 Å². The molecule has 1 aromatic carbocycles. The van der Waals surface area contributed by atoms with Crippen LogP contribution >= 0.6 is 0 Å². The first kappa shape index (κ1) is 13.6. The second-order valence-corrected chi connectivity index (χ2v) is 5.27. The molecule has 4 rings (SSSR count). The highest BCUT2D eigenvalue weighted by Gasteiger charge is 2.46. The number of fused-ring (bicyclic) bond motifs is 1. The van der Waals surface area contributed by atoms with Crippen LogP contribution in [0.3, 0.4) is 0 Å². The number of rotatable bonds is 2. The number of nitrogens with zero attached hydrogens (tertiary/aromatic N) is 7. The molecule has 2 aliphatic rings. The Morgan fingerprint density at radius 3 is 2.61 bits per heavy atom. The third kappa shape index (κ3) is 2.08. The minimum atomic E-state index is -0.714. The number of tetrazole rings is 1. The van der Waals surface area contributed by atoms with E-state index in [-0.39, 0.29) is 11.9 Å². The second kappa shape index (κ2) is 4.97. The molecule has 0 saturated carbocycles. The standard InChI is InChI=1S/C14H13N7O2/c1-8-16-18-19-20(8)12-11(10-6-4-3-5-7-10)21-14(15-13(12)22)23-9(2)17-21/h3-7,11-12H,1-2H3/t11-,12+/m0/s1. The van der Waals surface area contributed by atoms with Crippen LogP contribution in [0.2, 0.25) is 0 Å². The quantitative estimate of drug-likeness (QED) is 0.814. The van der Waals surface area contributed by atoms with Gasteiger partial charge in [0.2, 0.25) is 5.90 Å². The number of aliphatic imine (C=N–C) groups is 1. The molecular weight excluding hydrogens is 298 g/mol. The molecule has 0 radical (unpaired) electrons. The maximum Gasteiger partial charge on any atom is 0.323 e. The summed E-state index contributed by atoms with van der Waals surface area (Å²) in [4.78, 5) is 16.6. The zero-order valence-corrected chi connectivity index (χ0v) is 12.5. The van der Waals surface area contributed by atoms with Crippen molar-refractivity contribution < 1.29 is 9.53 Å². The van der Waals surface area contributed by atoms with Crippen LogP contribution in [-0.2, 0) is 9.53 Å². The smallest absolute Gasteiger partial charge is 0.323 e. The van der Waals surface area contributed by atoms with E-state index < -0.39 is 12.1 Å². The summed E-state index contributed by atoms with van der Waals surface area (Å²) < 4.78 is 6.90. The number of aromatic nitrogens is 4. The third-order valence-electron chi connectivity index (χ3n) is 3.77. The van der Waals surface area contributed by atoms with Crippen molar-refractivity contribution >= 4 is 17.8 Å². The summed E-state index contributed by atoms with van der Waals surface area (Å²) in [5.41, 5.74) is 0.898. The Morgan fingerprint density at radius 1 is 1.13 bits per heavy atom. The number of carbonyl (C=O) groups is 1. The predicted molar refractivity (Wildman–Crippen MR) is 79.2 cm³/mol. The molecule has 0 spiro atoms. The SMILES string of the molecule is CC1=NN2C(=NC(=O)[C@H](n3nnnc3C)[C@@H]2c2ccccc2)O1. The van der Waals surface area contributed by atoms with E-state index in [1.807, 2.05) is 30.3 Å². The maximum atomic E-state index is 12.6. The highest BCUT2D eigenvalue weighted by Crippen LogP contribution is 2.38. The Morgan fingerprint density at radius 2 is 1.91 bits per heavy atom. The molecule has 1 aromatic heterocycles. The summed E-state index contributed by atoms with van der Waals surface area (Å²) in [7, 11) is 0. The van der Waals surface area contributed by atoms with Gasteiger partial charge in [-0.05, 0) is 22.9 Å². The van der Waals surface area contributed by atoms with E-state index in [0.717, 1.165) is 5.56 Å². The average molecular weight is 311 g/mol. The van der Waals surface area contributed by atoms with Crippen LogP contribution in [-0.4, -0.2) is 43.0 Å². The van der Waals surface area contributed by atoms with Gasteiger partial charge in [-0.15, -0.1) is 10.2 Å². The van der Waals surface area contributed by atoms with E-state index in [2.05, 4.69) is 25.6 Å². The van der Waals surface area contributed by atoms with E-state index in [1.165, 1.54) is 4.68 Å². The summed E-state index contributed by atoms with van der Waals surface area (Å²) in [5, 5.41) is 17.4. The van der Waals surface area contributed by atoms with Gasteiger partial charge < -0.3 is 4.74 Å². The van der Waals surface area contributed by atoms with E-state index >= 15 is 0 Å². The van der Waals surface area contributed by atoms with Crippen molar-refractivity contribution in [3.05, 3.63) is 41.7 Å². The molecule has 3 heterocycles. The topological polar surface area (TPSA) is 97.9 Å². The third-order valence-corrected chi connectivity index (χ3v) is 3.77. The van der Waals surface area contributed by atoms with Crippen molar-refractivity contribution in [1.82, 2.24) is 25.2 Å². The summed E-state index contributed by atoms with van der Waals surface area (Å²) in [6, 6.07) is 8.61. The zero-order chi connectivity index (χ0) is 16.0. The van der Waals surface area contributed by atoms with E-state index in [9.17, 15) is 4.79 Å². The Labute approximate surface area is 131 Å². The minimum absolute atomic E-state index is 0.184. The molecule has 2 aromatic rings. The van der Waals surface area contributed by atoms with Gasteiger partial charge in [0, 0.05) is 6.92 Å². The van der Waals surface area contributed by atoms with Crippen molar-refractivity contribution in [2.24, 2.45) is 10.1 Å². The van der Waals surface area contributed by atoms with Gasteiger partial charge in [-0.2, -0.15) is 4.99 Å². The molecule has 23 heavy (non-hydrogen) atoms. The van der Waals surface area contributed by atoms with Gasteiger partial charge in [0.05, 0.1) is 0 Å². The van der Waals surface area contributed by atoms with Crippen molar-refractivity contribution in [2.75, 3.05) is 0 Å². The fourth-order valence-electron chi connectivity index (χ4n) is 2.79. The Balaban J connectivity index is 1.89. The van der Waals surface area contributed by atoms with Crippen LogP contribution in [0, 0.1) is 6.92 Å². The monoisotopic (exact) mass is 311 g/mol. The number of hydrogen-bond acceptors (Lipinski definition) is 7. The van der Waals surface area contributed by atoms with Crippen LogP contribution in [0.4, 0.5) is 0 Å². The highest BCUT2D eigenvalue weighted by atomic mass is 16.5. The fourth-order valence-corrected chi connectivity index (χ4v) is 2.79. The minimum Gasteiger partial charge on any atom is -0.408 e. The molecule has 2 atom stereocenters. The number of amidine groups is 1. The Hall–Kier alpha value is -3.10. The van der Waals surface area contributed by atoms with Crippen LogP contribution in [0.15, 0.2) is 40.4 Å². The average Bonchev–Trinajstić information content (AvgIpc) is 3.11. The predicted octanol–water partition coefficient (Wildman–Crippen LogP) is 0.826. The maximum absolute atomic E-state index is 12.6. The van der Waals surface area contributed by atoms with Crippen LogP contribution in [0.1, 0.15) is 30.4 Å². The van der Waals surface area contributed by atoms with Gasteiger partial charge >= 0.3 is 6.02 Å². The summed E-state index contributed by atoms with van der Waals surface area (Å²) in [5.74, 6) is 0.598. The van der Waals surface area contributed by atoms with E-state index in [0.29, 0.717) is 11.7 Å². The number of hydrazone groups is 1. The normalized spacial score (nSPS) is 23.2. The number of aryl methyl sites for hydroxylation is 1. The molecular formula is C14H13N7O2. The van der Waals surface area contributed by atoms with E-state index in [4.69, 9.17) is 4.74 Å². The molecule has 0 saturated heterocycles. The van der Waals surface area contributed by atoms with Gasteiger partial charge in [-0.3, -0.25) is 4.79 Å². The molecule has 9 nitrogen and oxygen atoms in total. The van der Waals surface area contributed by atoms with Crippen molar-refractivity contribution in [2.45, 2.75) is 25.9 Å². The lowest BCUT2D eigenvalue weighted by Crippen LogP contribution is -2.42. The summed E-state index contributed by atoms with van der Waals surface area (Å²) in [6.07, 6.45) is 0. The van der Waals surface area contributed by atoms with E-state index in [1.54, 1.807) is 18.9 Å². The molecule has 0 aliphatic carbocycles. The number of hydrogen-bond donors (Lipinski definition) is 0. The van der Waals surface area contributed by atoms with Crippen LogP contribution in [0.5, 0.6) is 0 Å². The molecule has 0 N–H and O–H groups in total. The molecule has 0 bridgehead atoms. The summed E-state index contributed by atoms with van der Waals surface area (Å²) in [6.45, 7) is 3.45. The molecule has 0 unspecified atom stereocenters. The van der Waals surface area contributed by atoms with Gasteiger partial charge in [-0.25, -0.2) is 9.69 Å².